The van der Waals surface area contributed by atoms with Gasteiger partial charge in [-0.2, -0.15) is 13.2 Å². The highest BCUT2D eigenvalue weighted by molar-refractivity contribution is 5.68. The summed E-state index contributed by atoms with van der Waals surface area (Å²) in [5.74, 6) is -1.90. The molecular weight excluding hydrogens is 297 g/mol. The van der Waals surface area contributed by atoms with Crippen LogP contribution >= 0.6 is 0 Å². The van der Waals surface area contributed by atoms with E-state index in [0.29, 0.717) is 5.56 Å². The maximum absolute atomic E-state index is 13.2. The van der Waals surface area contributed by atoms with Crippen molar-refractivity contribution in [1.82, 2.24) is 5.32 Å². The number of hydrogen-bond acceptors (Lipinski definition) is 3. The molecule has 0 aliphatic heterocycles. The van der Waals surface area contributed by atoms with Crippen molar-refractivity contribution in [3.8, 4) is 0 Å². The summed E-state index contributed by atoms with van der Waals surface area (Å²) in [6.45, 7) is 4.26. The largest absolute Gasteiger partial charge is 0.444 e. The minimum atomic E-state index is -4.54. The van der Waals surface area contributed by atoms with Crippen LogP contribution in [-0.2, 0) is 4.74 Å². The minimum absolute atomic E-state index is 0.320. The van der Waals surface area contributed by atoms with Crippen LogP contribution < -0.4 is 11.1 Å². The van der Waals surface area contributed by atoms with Crippen molar-refractivity contribution in [2.75, 3.05) is 6.54 Å². The number of nitrogens with one attached hydrogen (secondary N) is 1. The molecule has 2 unspecified atom stereocenters. The van der Waals surface area contributed by atoms with Crippen LogP contribution in [0.4, 0.5) is 18.0 Å². The van der Waals surface area contributed by atoms with Crippen molar-refractivity contribution in [3.63, 3.8) is 0 Å². The number of amides is 1. The highest BCUT2D eigenvalue weighted by Crippen LogP contribution is 2.35. The van der Waals surface area contributed by atoms with E-state index in [1.165, 1.54) is 12.1 Å². The van der Waals surface area contributed by atoms with E-state index in [0.717, 1.165) is 0 Å². The van der Waals surface area contributed by atoms with Gasteiger partial charge in [0.15, 0.2) is 0 Å². The lowest BCUT2D eigenvalue weighted by molar-refractivity contribution is -0.179. The molecule has 2 atom stereocenters. The van der Waals surface area contributed by atoms with Gasteiger partial charge in [-0.15, -0.1) is 0 Å². The molecule has 0 radical (unpaired) electrons. The fourth-order valence-corrected chi connectivity index (χ4v) is 1.97. The molecule has 22 heavy (non-hydrogen) atoms. The number of alkyl halides is 3. The molecule has 0 saturated heterocycles. The quantitative estimate of drug-likeness (QED) is 0.894. The van der Waals surface area contributed by atoms with Crippen molar-refractivity contribution in [2.24, 2.45) is 11.7 Å². The van der Waals surface area contributed by atoms with Crippen molar-refractivity contribution >= 4 is 6.09 Å². The van der Waals surface area contributed by atoms with E-state index in [2.05, 4.69) is 5.32 Å². The Bertz CT molecular complexity index is 484. The number of nitrogens with two attached hydrogens (primary N) is 1. The van der Waals surface area contributed by atoms with Gasteiger partial charge in [-0.3, -0.25) is 0 Å². The number of alkyl carbamates (subject to hydrolysis) is 1. The SMILES string of the molecule is CC(C)(C)OC(=O)NC(c1ccccc1)C(CN)C(F)(F)F. The fraction of sp³-hybridized carbons (Fsp3) is 0.533. The van der Waals surface area contributed by atoms with E-state index < -0.39 is 36.4 Å². The minimum Gasteiger partial charge on any atom is -0.444 e. The molecule has 1 amide bonds. The molecule has 4 nitrogen and oxygen atoms in total. The van der Waals surface area contributed by atoms with Gasteiger partial charge in [0.2, 0.25) is 0 Å². The van der Waals surface area contributed by atoms with Crippen LogP contribution in [0.3, 0.4) is 0 Å². The Morgan fingerprint density at radius 3 is 2.18 bits per heavy atom. The van der Waals surface area contributed by atoms with Crippen LogP contribution in [0.5, 0.6) is 0 Å². The zero-order valence-corrected chi connectivity index (χ0v) is 12.8. The van der Waals surface area contributed by atoms with Crippen molar-refractivity contribution in [2.45, 2.75) is 38.6 Å². The number of benzene rings is 1. The normalized spacial score (nSPS) is 15.0. The maximum atomic E-state index is 13.2. The Balaban J connectivity index is 3.05. The summed E-state index contributed by atoms with van der Waals surface area (Å²) in [4.78, 5) is 11.8. The third-order valence-corrected chi connectivity index (χ3v) is 2.91. The molecule has 0 aliphatic rings. The molecule has 1 aromatic rings. The van der Waals surface area contributed by atoms with E-state index in [1.807, 2.05) is 0 Å². The van der Waals surface area contributed by atoms with Crippen molar-refractivity contribution < 1.29 is 22.7 Å². The summed E-state index contributed by atoms with van der Waals surface area (Å²) in [6.07, 6.45) is -5.45. The Labute approximate surface area is 127 Å². The number of carbonyl (C=O) groups is 1. The predicted molar refractivity (Wildman–Crippen MR) is 77.2 cm³/mol. The Morgan fingerprint density at radius 2 is 1.77 bits per heavy atom. The van der Waals surface area contributed by atoms with E-state index in [1.54, 1.807) is 39.0 Å². The summed E-state index contributed by atoms with van der Waals surface area (Å²) in [7, 11) is 0. The lowest BCUT2D eigenvalue weighted by Gasteiger charge is -2.30. The third kappa shape index (κ3) is 5.55. The topological polar surface area (TPSA) is 64.3 Å². The first-order valence-electron chi connectivity index (χ1n) is 6.86. The summed E-state index contributed by atoms with van der Waals surface area (Å²) >= 11 is 0. The second kappa shape index (κ2) is 7.00. The van der Waals surface area contributed by atoms with Gasteiger partial charge in [-0.05, 0) is 26.3 Å². The molecule has 0 heterocycles. The van der Waals surface area contributed by atoms with Crippen molar-refractivity contribution in [3.05, 3.63) is 35.9 Å². The number of halogens is 3. The average Bonchev–Trinajstić information content (AvgIpc) is 2.35. The number of ether oxygens (including phenoxy) is 1. The molecule has 1 aromatic carbocycles. The lowest BCUT2D eigenvalue weighted by atomic mass is 9.92. The molecule has 0 aromatic heterocycles. The summed E-state index contributed by atoms with van der Waals surface area (Å²) < 4.78 is 44.6. The van der Waals surface area contributed by atoms with Gasteiger partial charge in [0.05, 0.1) is 12.0 Å². The maximum Gasteiger partial charge on any atom is 0.408 e. The summed E-state index contributed by atoms with van der Waals surface area (Å²) in [6, 6.07) is 6.60. The first kappa shape index (κ1) is 18.3. The van der Waals surface area contributed by atoms with Crippen LogP contribution in [0.2, 0.25) is 0 Å². The van der Waals surface area contributed by atoms with Crippen LogP contribution in [0, 0.1) is 5.92 Å². The molecule has 0 fully saturated rings. The number of carbonyl (C=O) groups excluding carboxylic acids is 1. The van der Waals surface area contributed by atoms with Crippen LogP contribution in [0.15, 0.2) is 30.3 Å². The smallest absolute Gasteiger partial charge is 0.408 e. The molecule has 0 spiro atoms. The Morgan fingerprint density at radius 1 is 1.23 bits per heavy atom. The van der Waals surface area contributed by atoms with Crippen LogP contribution in [0.1, 0.15) is 32.4 Å². The van der Waals surface area contributed by atoms with Gasteiger partial charge in [-0.1, -0.05) is 30.3 Å². The lowest BCUT2D eigenvalue weighted by Crippen LogP contribution is -2.45. The Hall–Kier alpha value is -1.76. The summed E-state index contributed by atoms with van der Waals surface area (Å²) in [5.41, 5.74) is 4.80. The molecule has 0 bridgehead atoms. The molecule has 124 valence electrons. The first-order valence-corrected chi connectivity index (χ1v) is 6.86. The second-order valence-electron chi connectivity index (χ2n) is 5.92. The molecular formula is C15H21F3N2O2. The van der Waals surface area contributed by atoms with Gasteiger partial charge in [-0.25, -0.2) is 4.79 Å². The second-order valence-corrected chi connectivity index (χ2v) is 5.92. The fourth-order valence-electron chi connectivity index (χ4n) is 1.97. The van der Waals surface area contributed by atoms with E-state index in [4.69, 9.17) is 10.5 Å². The number of hydrogen-bond donors (Lipinski definition) is 2. The highest BCUT2D eigenvalue weighted by atomic mass is 19.4. The molecule has 1 rings (SSSR count). The highest BCUT2D eigenvalue weighted by Gasteiger charge is 2.45. The van der Waals surface area contributed by atoms with E-state index in [-0.39, 0.29) is 0 Å². The van der Waals surface area contributed by atoms with Crippen molar-refractivity contribution in [1.29, 1.82) is 0 Å². The summed E-state index contributed by atoms with van der Waals surface area (Å²) in [5, 5.41) is 2.29. The van der Waals surface area contributed by atoms with Gasteiger partial charge < -0.3 is 15.8 Å². The number of rotatable bonds is 4. The van der Waals surface area contributed by atoms with E-state index in [9.17, 15) is 18.0 Å². The molecule has 3 N–H and O–H groups in total. The average molecular weight is 318 g/mol. The molecule has 0 saturated carbocycles. The zero-order chi connectivity index (χ0) is 17.0. The monoisotopic (exact) mass is 318 g/mol. The van der Waals surface area contributed by atoms with Gasteiger partial charge >= 0.3 is 12.3 Å². The van der Waals surface area contributed by atoms with E-state index >= 15 is 0 Å². The third-order valence-electron chi connectivity index (χ3n) is 2.91. The van der Waals surface area contributed by atoms with Gasteiger partial charge in [0.25, 0.3) is 0 Å². The predicted octanol–water partition coefficient (Wildman–Crippen LogP) is 3.39. The molecule has 0 aliphatic carbocycles. The van der Waals surface area contributed by atoms with Gasteiger partial charge in [0.1, 0.15) is 5.60 Å². The van der Waals surface area contributed by atoms with Gasteiger partial charge in [0, 0.05) is 6.54 Å². The first-order chi connectivity index (χ1) is 10.0. The Kier molecular flexibility index (Phi) is 5.82. The zero-order valence-electron chi connectivity index (χ0n) is 12.8. The van der Waals surface area contributed by atoms with Crippen LogP contribution in [-0.4, -0.2) is 24.4 Å². The standard InChI is InChI=1S/C15H21F3N2O2/c1-14(2,3)22-13(21)20-12(10-7-5-4-6-8-10)11(9-19)15(16,17)18/h4-8,11-12H,9,19H2,1-3H3,(H,20,21). The van der Waals surface area contributed by atoms with Crippen LogP contribution in [0.25, 0.3) is 0 Å². The molecule has 7 heteroatoms.